The van der Waals surface area contributed by atoms with Crippen LogP contribution in [0.15, 0.2) is 35.1 Å². The lowest BCUT2D eigenvalue weighted by Crippen LogP contribution is -2.31. The molecule has 7 heteroatoms. The monoisotopic (exact) mass is 314 g/mol. The van der Waals surface area contributed by atoms with Gasteiger partial charge in [0.05, 0.1) is 17.6 Å². The number of pyridine rings is 1. The van der Waals surface area contributed by atoms with E-state index in [9.17, 15) is 14.0 Å². The molecule has 0 fully saturated rings. The maximum Gasteiger partial charge on any atom is 0.260 e. The molecule has 23 heavy (non-hydrogen) atoms. The minimum atomic E-state index is -0.423. The number of fused-ring (bicyclic) bond motifs is 1. The molecule has 0 bridgehead atoms. The van der Waals surface area contributed by atoms with E-state index in [1.807, 2.05) is 0 Å². The average molecular weight is 314 g/mol. The van der Waals surface area contributed by atoms with Gasteiger partial charge in [-0.1, -0.05) is 0 Å². The largest absolute Gasteiger partial charge is 0.340 e. The molecule has 0 atom stereocenters. The normalized spacial score (nSPS) is 10.9. The molecule has 2 heterocycles. The third-order valence-electron chi connectivity index (χ3n) is 3.51. The maximum absolute atomic E-state index is 13.2. The zero-order valence-corrected chi connectivity index (χ0v) is 12.7. The van der Waals surface area contributed by atoms with E-state index in [1.165, 1.54) is 23.1 Å². The van der Waals surface area contributed by atoms with Crippen LogP contribution in [-0.4, -0.2) is 32.8 Å². The first kappa shape index (κ1) is 15.0. The quantitative estimate of drug-likeness (QED) is 0.775. The first-order valence-corrected chi connectivity index (χ1v) is 7.03. The van der Waals surface area contributed by atoms with Crippen LogP contribution in [0.5, 0.6) is 0 Å². The molecule has 118 valence electrons. The van der Waals surface area contributed by atoms with Crippen molar-refractivity contribution in [2.24, 2.45) is 0 Å². The number of hydrogen-bond donors (Lipinski definition) is 2. The second kappa shape index (κ2) is 5.68. The standard InChI is InChI=1S/C16H15FN4O2/c1-9-3-5-11(15(22)18-9)16(23)21(2)8-14-19-12-6-4-10(17)7-13(12)20-14/h3-7H,8H2,1-2H3,(H,18,22)(H,19,20). The van der Waals surface area contributed by atoms with Crippen LogP contribution < -0.4 is 5.56 Å². The molecule has 0 spiro atoms. The maximum atomic E-state index is 13.2. The fraction of sp³-hybridized carbons (Fsp3) is 0.188. The van der Waals surface area contributed by atoms with E-state index in [0.717, 1.165) is 0 Å². The molecule has 3 rings (SSSR count). The van der Waals surface area contributed by atoms with Gasteiger partial charge in [0, 0.05) is 12.7 Å². The lowest BCUT2D eigenvalue weighted by molar-refractivity contribution is 0.0780. The summed E-state index contributed by atoms with van der Waals surface area (Å²) in [7, 11) is 1.58. The van der Waals surface area contributed by atoms with Crippen LogP contribution in [0.4, 0.5) is 4.39 Å². The number of hydrogen-bond acceptors (Lipinski definition) is 3. The van der Waals surface area contributed by atoms with Crippen LogP contribution in [0.3, 0.4) is 0 Å². The topological polar surface area (TPSA) is 81.8 Å². The number of benzene rings is 1. The van der Waals surface area contributed by atoms with Gasteiger partial charge < -0.3 is 14.9 Å². The van der Waals surface area contributed by atoms with Crippen molar-refractivity contribution in [2.45, 2.75) is 13.5 Å². The number of rotatable bonds is 3. The van der Waals surface area contributed by atoms with Gasteiger partial charge in [-0.05, 0) is 37.3 Å². The summed E-state index contributed by atoms with van der Waals surface area (Å²) in [4.78, 5) is 35.5. The summed E-state index contributed by atoms with van der Waals surface area (Å²) in [6, 6.07) is 7.41. The first-order valence-electron chi connectivity index (χ1n) is 7.03. The second-order valence-corrected chi connectivity index (χ2v) is 5.39. The number of nitrogens with one attached hydrogen (secondary N) is 2. The Balaban J connectivity index is 1.83. The summed E-state index contributed by atoms with van der Waals surface area (Å²) in [5.74, 6) is -0.244. The molecular formula is C16H15FN4O2. The van der Waals surface area contributed by atoms with Crippen LogP contribution in [-0.2, 0) is 6.54 Å². The molecule has 0 aliphatic heterocycles. The van der Waals surface area contributed by atoms with Crippen molar-refractivity contribution in [1.82, 2.24) is 19.9 Å². The Labute approximate surface area is 131 Å². The van der Waals surface area contributed by atoms with Gasteiger partial charge in [0.15, 0.2) is 0 Å². The minimum absolute atomic E-state index is 0.0697. The van der Waals surface area contributed by atoms with E-state index < -0.39 is 11.5 Å². The predicted molar refractivity (Wildman–Crippen MR) is 83.6 cm³/mol. The molecule has 6 nitrogen and oxygen atoms in total. The Bertz CT molecular complexity index is 945. The molecule has 2 aromatic heterocycles. The van der Waals surface area contributed by atoms with Gasteiger partial charge in [0.1, 0.15) is 17.2 Å². The molecule has 1 amide bonds. The fourth-order valence-corrected chi connectivity index (χ4v) is 2.35. The molecule has 0 radical (unpaired) electrons. The highest BCUT2D eigenvalue weighted by Gasteiger charge is 2.17. The minimum Gasteiger partial charge on any atom is -0.340 e. The molecule has 0 aliphatic rings. The van der Waals surface area contributed by atoms with Crippen LogP contribution >= 0.6 is 0 Å². The summed E-state index contributed by atoms with van der Waals surface area (Å²) in [6.07, 6.45) is 0. The fourth-order valence-electron chi connectivity index (χ4n) is 2.35. The van der Waals surface area contributed by atoms with Crippen molar-refractivity contribution in [3.8, 4) is 0 Å². The van der Waals surface area contributed by atoms with E-state index in [0.29, 0.717) is 22.6 Å². The van der Waals surface area contributed by atoms with Gasteiger partial charge in [-0.15, -0.1) is 0 Å². The second-order valence-electron chi connectivity index (χ2n) is 5.39. The number of aryl methyl sites for hydroxylation is 1. The SMILES string of the molecule is Cc1ccc(C(=O)N(C)Cc2nc3ccc(F)cc3[nH]2)c(=O)[nH]1. The third kappa shape index (κ3) is 2.98. The van der Waals surface area contributed by atoms with Crippen LogP contribution in [0.1, 0.15) is 21.9 Å². The number of aromatic nitrogens is 3. The zero-order valence-electron chi connectivity index (χ0n) is 12.7. The van der Waals surface area contributed by atoms with Gasteiger partial charge in [0.2, 0.25) is 0 Å². The van der Waals surface area contributed by atoms with Gasteiger partial charge in [-0.25, -0.2) is 9.37 Å². The van der Waals surface area contributed by atoms with Crippen molar-refractivity contribution >= 4 is 16.9 Å². The van der Waals surface area contributed by atoms with Crippen molar-refractivity contribution in [3.63, 3.8) is 0 Å². The highest BCUT2D eigenvalue weighted by molar-refractivity contribution is 5.93. The Hall–Kier alpha value is -2.96. The van der Waals surface area contributed by atoms with Gasteiger partial charge in [0.25, 0.3) is 11.5 Å². The number of carbonyl (C=O) groups excluding carboxylic acids is 1. The molecule has 0 saturated carbocycles. The Morgan fingerprint density at radius 2 is 2.04 bits per heavy atom. The number of carbonyl (C=O) groups is 1. The molecular weight excluding hydrogens is 299 g/mol. The van der Waals surface area contributed by atoms with Crippen molar-refractivity contribution in [1.29, 1.82) is 0 Å². The Morgan fingerprint density at radius 3 is 2.78 bits per heavy atom. The Morgan fingerprint density at radius 1 is 1.26 bits per heavy atom. The predicted octanol–water partition coefficient (Wildman–Crippen LogP) is 1.97. The van der Waals surface area contributed by atoms with Crippen molar-refractivity contribution < 1.29 is 9.18 Å². The number of amides is 1. The molecule has 2 N–H and O–H groups in total. The number of halogens is 1. The molecule has 1 aromatic carbocycles. The van der Waals surface area contributed by atoms with Crippen LogP contribution in [0.2, 0.25) is 0 Å². The van der Waals surface area contributed by atoms with Crippen LogP contribution in [0, 0.1) is 12.7 Å². The number of H-pyrrole nitrogens is 2. The van der Waals surface area contributed by atoms with Gasteiger partial charge in [-0.2, -0.15) is 0 Å². The lowest BCUT2D eigenvalue weighted by atomic mass is 10.2. The highest BCUT2D eigenvalue weighted by atomic mass is 19.1. The van der Waals surface area contributed by atoms with E-state index >= 15 is 0 Å². The number of nitrogens with zero attached hydrogens (tertiary/aromatic N) is 2. The molecule has 0 unspecified atom stereocenters. The number of aromatic amines is 2. The summed E-state index contributed by atoms with van der Waals surface area (Å²) >= 11 is 0. The van der Waals surface area contributed by atoms with E-state index in [-0.39, 0.29) is 17.9 Å². The first-order chi connectivity index (χ1) is 10.9. The van der Waals surface area contributed by atoms with E-state index in [4.69, 9.17) is 0 Å². The molecule has 3 aromatic rings. The zero-order chi connectivity index (χ0) is 16.6. The Kier molecular flexibility index (Phi) is 3.69. The summed E-state index contributed by atoms with van der Waals surface area (Å²) < 4.78 is 13.2. The van der Waals surface area contributed by atoms with Gasteiger partial charge >= 0.3 is 0 Å². The summed E-state index contributed by atoms with van der Waals surface area (Å²) in [6.45, 7) is 1.93. The van der Waals surface area contributed by atoms with Crippen molar-refractivity contribution in [3.05, 3.63) is 63.6 Å². The van der Waals surface area contributed by atoms with E-state index in [2.05, 4.69) is 15.0 Å². The number of imidazole rings is 1. The highest BCUT2D eigenvalue weighted by Crippen LogP contribution is 2.14. The van der Waals surface area contributed by atoms with Gasteiger partial charge in [-0.3, -0.25) is 9.59 Å². The lowest BCUT2D eigenvalue weighted by Gasteiger charge is -2.15. The average Bonchev–Trinajstić information content (AvgIpc) is 2.87. The van der Waals surface area contributed by atoms with Crippen molar-refractivity contribution in [2.75, 3.05) is 7.05 Å². The summed E-state index contributed by atoms with van der Waals surface area (Å²) in [5, 5.41) is 0. The van der Waals surface area contributed by atoms with E-state index in [1.54, 1.807) is 26.1 Å². The van der Waals surface area contributed by atoms with Crippen LogP contribution in [0.25, 0.3) is 11.0 Å². The summed E-state index contributed by atoms with van der Waals surface area (Å²) in [5.41, 5.74) is 1.52. The molecule has 0 aliphatic carbocycles. The molecule has 0 saturated heterocycles. The third-order valence-corrected chi connectivity index (χ3v) is 3.51. The smallest absolute Gasteiger partial charge is 0.260 e.